The molecule has 4 N–H and O–H groups in total. The summed E-state index contributed by atoms with van der Waals surface area (Å²) >= 11 is 3.20. The Morgan fingerprint density at radius 3 is 2.47 bits per heavy atom. The van der Waals surface area contributed by atoms with Crippen LogP contribution >= 0.6 is 15.9 Å². The van der Waals surface area contributed by atoms with Crippen molar-refractivity contribution in [2.45, 2.75) is 32.9 Å². The van der Waals surface area contributed by atoms with Crippen LogP contribution in [-0.4, -0.2) is 86.1 Å². The number of nitrogens with one attached hydrogen (secondary N) is 2. The molecular weight excluding hydrogens is 560 g/mol. The first kappa shape index (κ1) is 31.2. The van der Waals surface area contributed by atoms with Crippen molar-refractivity contribution in [1.82, 2.24) is 20.2 Å². The van der Waals surface area contributed by atoms with Crippen molar-refractivity contribution in [1.29, 1.82) is 0 Å². The van der Waals surface area contributed by atoms with Gasteiger partial charge in [0.2, 0.25) is 0 Å². The van der Waals surface area contributed by atoms with Gasteiger partial charge in [0.25, 0.3) is 5.91 Å². The second-order valence-corrected chi connectivity index (χ2v) is 10.0. The fourth-order valence-corrected chi connectivity index (χ4v) is 3.34. The van der Waals surface area contributed by atoms with Gasteiger partial charge in [-0.05, 0) is 49.8 Å². The molecule has 0 aliphatic rings. The van der Waals surface area contributed by atoms with Gasteiger partial charge in [0.15, 0.2) is 11.5 Å². The molecule has 2 aromatic rings. The van der Waals surface area contributed by atoms with Crippen LogP contribution in [0.3, 0.4) is 0 Å². The Labute approximate surface area is 231 Å². The fourth-order valence-electron chi connectivity index (χ4n) is 3.06. The van der Waals surface area contributed by atoms with Crippen LogP contribution in [0.1, 0.15) is 36.8 Å². The smallest absolute Gasteiger partial charge is 0.410 e. The molecule has 38 heavy (non-hydrogen) atoms. The summed E-state index contributed by atoms with van der Waals surface area (Å²) in [5.41, 5.74) is 6.20. The summed E-state index contributed by atoms with van der Waals surface area (Å²) in [6.45, 7) is 8.31. The number of rotatable bonds is 14. The van der Waals surface area contributed by atoms with Gasteiger partial charge in [0.1, 0.15) is 22.6 Å². The van der Waals surface area contributed by atoms with Crippen molar-refractivity contribution in [2.75, 3.05) is 64.7 Å². The third-order valence-electron chi connectivity index (χ3n) is 4.79. The molecule has 1 heterocycles. The molecule has 210 valence electrons. The maximum atomic E-state index is 13.0. The highest BCUT2D eigenvalue weighted by atomic mass is 79.9. The minimum atomic E-state index is -0.639. The lowest BCUT2D eigenvalue weighted by Gasteiger charge is -2.25. The van der Waals surface area contributed by atoms with Gasteiger partial charge in [0, 0.05) is 19.2 Å². The number of hydrogen-bond acceptors (Lipinski definition) is 10. The van der Waals surface area contributed by atoms with Gasteiger partial charge in [0.05, 0.1) is 44.9 Å². The number of ether oxygens (including phenoxy) is 4. The first-order valence-corrected chi connectivity index (χ1v) is 12.9. The zero-order valence-electron chi connectivity index (χ0n) is 22.5. The van der Waals surface area contributed by atoms with E-state index in [-0.39, 0.29) is 24.7 Å². The average molecular weight is 598 g/mol. The third kappa shape index (κ3) is 10.8. The molecule has 0 radical (unpaired) electrons. The van der Waals surface area contributed by atoms with Crippen molar-refractivity contribution in [2.24, 2.45) is 0 Å². The summed E-state index contributed by atoms with van der Waals surface area (Å²) < 4.78 is 22.9. The molecule has 0 atom stereocenters. The summed E-state index contributed by atoms with van der Waals surface area (Å²) in [4.78, 5) is 35.0. The first-order valence-electron chi connectivity index (χ1n) is 12.1. The molecule has 0 aliphatic carbocycles. The lowest BCUT2D eigenvalue weighted by molar-refractivity contribution is 0.0281. The Morgan fingerprint density at radius 2 is 1.79 bits per heavy atom. The van der Waals surface area contributed by atoms with Crippen LogP contribution < -0.4 is 21.1 Å². The highest BCUT2D eigenvalue weighted by Gasteiger charge is 2.22. The van der Waals surface area contributed by atoms with Gasteiger partial charge in [-0.2, -0.15) is 0 Å². The van der Waals surface area contributed by atoms with Crippen LogP contribution in [0.15, 0.2) is 29.0 Å². The van der Waals surface area contributed by atoms with Gasteiger partial charge in [-0.3, -0.25) is 4.79 Å². The first-order chi connectivity index (χ1) is 18.0. The Balaban J connectivity index is 2.16. The number of likely N-dealkylation sites (N-methyl/N-ethyl adjacent to an activating group) is 1. The van der Waals surface area contributed by atoms with Crippen molar-refractivity contribution in [3.8, 4) is 5.75 Å². The van der Waals surface area contributed by atoms with Crippen molar-refractivity contribution < 1.29 is 28.5 Å². The van der Waals surface area contributed by atoms with Crippen molar-refractivity contribution in [3.63, 3.8) is 0 Å². The minimum Gasteiger partial charge on any atom is -0.489 e. The number of hydrogen-bond donors (Lipinski definition) is 3. The molecule has 12 nitrogen and oxygen atoms in total. The Hall–Kier alpha value is -3.00. The van der Waals surface area contributed by atoms with E-state index in [2.05, 4.69) is 36.5 Å². The van der Waals surface area contributed by atoms with E-state index in [1.165, 1.54) is 11.1 Å². The van der Waals surface area contributed by atoms with Gasteiger partial charge >= 0.3 is 6.09 Å². The number of halogens is 1. The zero-order chi connectivity index (χ0) is 28.1. The molecule has 1 aromatic carbocycles. The van der Waals surface area contributed by atoms with Crippen molar-refractivity contribution >= 4 is 39.4 Å². The molecule has 0 saturated carbocycles. The second-order valence-electron chi connectivity index (χ2n) is 9.19. The maximum absolute atomic E-state index is 13.0. The average Bonchev–Trinajstić information content (AvgIpc) is 2.84. The number of carbonyl (C=O) groups is 2. The lowest BCUT2D eigenvalue weighted by atomic mass is 10.1. The monoisotopic (exact) mass is 596 g/mol. The fraction of sp³-hybridized carbons (Fsp3) is 0.520. The molecule has 2 rings (SSSR count). The lowest BCUT2D eigenvalue weighted by Crippen LogP contribution is -2.34. The number of carbonyl (C=O) groups excluding carboxylic acids is 2. The molecule has 0 aliphatic heterocycles. The molecule has 2 amide bonds. The number of nitrogens with zero attached hydrogens (tertiary/aromatic N) is 3. The SMILES string of the molecule is CNCCOCCOCCOc1c(CN(C)C(=O)OC(C)(C)C)cccc1NC(=O)c1nc(Br)cnc1N. The molecule has 0 spiro atoms. The summed E-state index contributed by atoms with van der Waals surface area (Å²) in [7, 11) is 3.48. The van der Waals surface area contributed by atoms with E-state index in [0.717, 1.165) is 6.54 Å². The molecule has 13 heteroatoms. The predicted molar refractivity (Wildman–Crippen MR) is 147 cm³/mol. The maximum Gasteiger partial charge on any atom is 0.410 e. The van der Waals surface area contributed by atoms with E-state index in [0.29, 0.717) is 48.0 Å². The Kier molecular flexibility index (Phi) is 12.7. The Bertz CT molecular complexity index is 1070. The molecule has 1 aromatic heterocycles. The summed E-state index contributed by atoms with van der Waals surface area (Å²) in [5.74, 6) is -0.195. The topological polar surface area (TPSA) is 150 Å². The second kappa shape index (κ2) is 15.4. The predicted octanol–water partition coefficient (Wildman–Crippen LogP) is 3.07. The molecule has 0 bridgehead atoms. The third-order valence-corrected chi connectivity index (χ3v) is 5.17. The Morgan fingerprint density at radius 1 is 1.11 bits per heavy atom. The van der Waals surface area contributed by atoms with E-state index in [1.807, 2.05) is 7.05 Å². The summed E-state index contributed by atoms with van der Waals surface area (Å²) in [6, 6.07) is 5.23. The van der Waals surface area contributed by atoms with Crippen LogP contribution in [0.25, 0.3) is 0 Å². The number of nitrogens with two attached hydrogens (primary N) is 1. The highest BCUT2D eigenvalue weighted by Crippen LogP contribution is 2.31. The molecular formula is C25H37BrN6O6. The standard InChI is InChI=1S/C25H37BrN6O6/c1-25(2,3)38-24(34)32(5)16-17-7-6-8-18(30-23(33)20-22(27)29-15-19(26)31-20)21(17)37-14-13-36-12-11-35-10-9-28-4/h6-8,15,28H,9-14,16H2,1-5H3,(H2,27,29)(H,30,33). The number of para-hydroxylation sites is 1. The normalized spacial score (nSPS) is 11.2. The number of amides is 2. The van der Waals surface area contributed by atoms with E-state index >= 15 is 0 Å². The zero-order valence-corrected chi connectivity index (χ0v) is 24.1. The summed E-state index contributed by atoms with van der Waals surface area (Å²) in [6.07, 6.45) is 0.913. The number of benzene rings is 1. The van der Waals surface area contributed by atoms with Crippen LogP contribution in [0.2, 0.25) is 0 Å². The molecule has 0 saturated heterocycles. The number of anilines is 2. The van der Waals surface area contributed by atoms with Crippen LogP contribution in [0.4, 0.5) is 16.3 Å². The minimum absolute atomic E-state index is 0.0145. The van der Waals surface area contributed by atoms with Gasteiger partial charge in [-0.1, -0.05) is 12.1 Å². The summed E-state index contributed by atoms with van der Waals surface area (Å²) in [5, 5.41) is 5.79. The van der Waals surface area contributed by atoms with Crippen LogP contribution in [0, 0.1) is 0 Å². The van der Waals surface area contributed by atoms with Crippen LogP contribution in [0.5, 0.6) is 5.75 Å². The molecule has 0 fully saturated rings. The van der Waals surface area contributed by atoms with E-state index in [1.54, 1.807) is 46.0 Å². The quantitative estimate of drug-likeness (QED) is 0.277. The van der Waals surface area contributed by atoms with E-state index in [4.69, 9.17) is 24.7 Å². The van der Waals surface area contributed by atoms with E-state index in [9.17, 15) is 9.59 Å². The number of aromatic nitrogens is 2. The van der Waals surface area contributed by atoms with Crippen molar-refractivity contribution in [3.05, 3.63) is 40.3 Å². The van der Waals surface area contributed by atoms with Gasteiger partial charge in [-0.15, -0.1) is 0 Å². The van der Waals surface area contributed by atoms with E-state index < -0.39 is 17.6 Å². The molecule has 0 unspecified atom stereocenters. The number of nitrogen functional groups attached to an aromatic ring is 1. The van der Waals surface area contributed by atoms with Gasteiger partial charge in [-0.25, -0.2) is 14.8 Å². The van der Waals surface area contributed by atoms with Gasteiger partial charge < -0.3 is 40.2 Å². The largest absolute Gasteiger partial charge is 0.489 e. The van der Waals surface area contributed by atoms with Crippen LogP contribution in [-0.2, 0) is 20.8 Å². The highest BCUT2D eigenvalue weighted by molar-refractivity contribution is 9.10.